The molecule has 0 heterocycles. The fourth-order valence-corrected chi connectivity index (χ4v) is 3.89. The minimum absolute atomic E-state index is 0.00371. The van der Waals surface area contributed by atoms with Crippen LogP contribution in [0.5, 0.6) is 0 Å². The Hall–Kier alpha value is -2.95. The van der Waals surface area contributed by atoms with E-state index in [9.17, 15) is 4.79 Å². The van der Waals surface area contributed by atoms with Crippen molar-refractivity contribution < 1.29 is 4.79 Å². The SMILES string of the molecule is NCc1ccc(-c2cccc(C(=O)NC3CCC(N)c4ccccc43)c2)cc1. The van der Waals surface area contributed by atoms with Gasteiger partial charge in [-0.1, -0.05) is 60.7 Å². The van der Waals surface area contributed by atoms with Gasteiger partial charge < -0.3 is 16.8 Å². The van der Waals surface area contributed by atoms with Crippen molar-refractivity contribution in [3.8, 4) is 11.1 Å². The van der Waals surface area contributed by atoms with Crippen molar-refractivity contribution in [1.29, 1.82) is 0 Å². The van der Waals surface area contributed by atoms with Gasteiger partial charge in [0, 0.05) is 18.2 Å². The molecule has 4 rings (SSSR count). The molecule has 1 aliphatic rings. The number of fused-ring (bicyclic) bond motifs is 1. The number of rotatable bonds is 4. The molecule has 142 valence electrons. The number of benzene rings is 3. The van der Waals surface area contributed by atoms with Gasteiger partial charge in [-0.2, -0.15) is 0 Å². The van der Waals surface area contributed by atoms with Crippen molar-refractivity contribution in [1.82, 2.24) is 5.32 Å². The Balaban J connectivity index is 1.55. The van der Waals surface area contributed by atoms with E-state index in [0.717, 1.165) is 40.7 Å². The minimum Gasteiger partial charge on any atom is -0.345 e. The first kappa shape index (κ1) is 18.4. The molecular formula is C24H25N3O. The van der Waals surface area contributed by atoms with Crippen molar-refractivity contribution in [2.45, 2.75) is 31.5 Å². The van der Waals surface area contributed by atoms with Crippen molar-refractivity contribution in [3.05, 3.63) is 95.1 Å². The van der Waals surface area contributed by atoms with Crippen LogP contribution in [0.3, 0.4) is 0 Å². The van der Waals surface area contributed by atoms with Gasteiger partial charge in [0.25, 0.3) is 5.91 Å². The summed E-state index contributed by atoms with van der Waals surface area (Å²) in [6.07, 6.45) is 1.72. The number of hydrogen-bond acceptors (Lipinski definition) is 3. The van der Waals surface area contributed by atoms with Crippen LogP contribution < -0.4 is 16.8 Å². The van der Waals surface area contributed by atoms with Crippen molar-refractivity contribution in [2.75, 3.05) is 0 Å². The minimum atomic E-state index is -0.0595. The van der Waals surface area contributed by atoms with Gasteiger partial charge in [-0.05, 0) is 52.8 Å². The quantitative estimate of drug-likeness (QED) is 0.646. The summed E-state index contributed by atoms with van der Waals surface area (Å²) in [6, 6.07) is 24.0. The van der Waals surface area contributed by atoms with Gasteiger partial charge in [0.05, 0.1) is 6.04 Å². The molecule has 0 radical (unpaired) electrons. The Morgan fingerprint density at radius 1 is 0.893 bits per heavy atom. The summed E-state index contributed by atoms with van der Waals surface area (Å²) < 4.78 is 0. The molecule has 3 aromatic carbocycles. The fraction of sp³-hybridized carbons (Fsp3) is 0.208. The molecule has 1 aliphatic carbocycles. The van der Waals surface area contributed by atoms with E-state index < -0.39 is 0 Å². The molecule has 0 aromatic heterocycles. The summed E-state index contributed by atoms with van der Waals surface area (Å²) >= 11 is 0. The summed E-state index contributed by atoms with van der Waals surface area (Å²) in [4.78, 5) is 12.9. The van der Waals surface area contributed by atoms with Crippen LogP contribution >= 0.6 is 0 Å². The second kappa shape index (κ2) is 7.97. The lowest BCUT2D eigenvalue weighted by molar-refractivity contribution is 0.0931. The lowest BCUT2D eigenvalue weighted by Crippen LogP contribution is -2.33. The maximum Gasteiger partial charge on any atom is 0.251 e. The zero-order valence-electron chi connectivity index (χ0n) is 15.8. The van der Waals surface area contributed by atoms with Crippen LogP contribution in [0.2, 0.25) is 0 Å². The van der Waals surface area contributed by atoms with Crippen LogP contribution in [0.1, 0.15) is 52.0 Å². The monoisotopic (exact) mass is 371 g/mol. The predicted molar refractivity (Wildman–Crippen MR) is 113 cm³/mol. The highest BCUT2D eigenvalue weighted by molar-refractivity contribution is 5.95. The Morgan fingerprint density at radius 2 is 1.64 bits per heavy atom. The van der Waals surface area contributed by atoms with E-state index in [2.05, 4.69) is 17.4 Å². The third-order valence-electron chi connectivity index (χ3n) is 5.49. The van der Waals surface area contributed by atoms with E-state index in [-0.39, 0.29) is 18.0 Å². The molecular weight excluding hydrogens is 346 g/mol. The Morgan fingerprint density at radius 3 is 2.39 bits per heavy atom. The van der Waals surface area contributed by atoms with E-state index in [1.165, 1.54) is 0 Å². The van der Waals surface area contributed by atoms with E-state index in [0.29, 0.717) is 12.1 Å². The summed E-state index contributed by atoms with van der Waals surface area (Å²) in [6.45, 7) is 0.523. The first-order valence-electron chi connectivity index (χ1n) is 9.70. The molecule has 3 aromatic rings. The zero-order valence-corrected chi connectivity index (χ0v) is 15.8. The van der Waals surface area contributed by atoms with Gasteiger partial charge in [-0.15, -0.1) is 0 Å². The van der Waals surface area contributed by atoms with Gasteiger partial charge in [-0.3, -0.25) is 4.79 Å². The van der Waals surface area contributed by atoms with Crippen molar-refractivity contribution in [3.63, 3.8) is 0 Å². The lowest BCUT2D eigenvalue weighted by atomic mass is 9.84. The average molecular weight is 371 g/mol. The highest BCUT2D eigenvalue weighted by Gasteiger charge is 2.26. The van der Waals surface area contributed by atoms with E-state index in [1.807, 2.05) is 60.7 Å². The molecule has 0 spiro atoms. The molecule has 0 fully saturated rings. The normalized spacial score (nSPS) is 18.4. The number of carbonyl (C=O) groups is 1. The summed E-state index contributed by atoms with van der Waals surface area (Å²) in [7, 11) is 0. The Bertz CT molecular complexity index is 981. The standard InChI is InChI=1S/C24H25N3O/c25-15-16-8-10-17(11-9-16)18-4-3-5-19(14-18)24(28)27-23-13-12-22(26)20-6-1-2-7-21(20)23/h1-11,14,22-23H,12-13,15,25-26H2,(H,27,28). The molecule has 1 amide bonds. The highest BCUT2D eigenvalue weighted by atomic mass is 16.1. The van der Waals surface area contributed by atoms with E-state index in [1.54, 1.807) is 0 Å². The van der Waals surface area contributed by atoms with Crippen LogP contribution in [-0.2, 0) is 6.54 Å². The van der Waals surface area contributed by atoms with Crippen LogP contribution in [0.4, 0.5) is 0 Å². The maximum atomic E-state index is 12.9. The molecule has 4 heteroatoms. The molecule has 2 atom stereocenters. The smallest absolute Gasteiger partial charge is 0.251 e. The second-order valence-electron chi connectivity index (χ2n) is 7.32. The molecule has 2 unspecified atom stereocenters. The van der Waals surface area contributed by atoms with Gasteiger partial charge in [0.2, 0.25) is 0 Å². The van der Waals surface area contributed by atoms with E-state index in [4.69, 9.17) is 11.5 Å². The molecule has 28 heavy (non-hydrogen) atoms. The van der Waals surface area contributed by atoms with Gasteiger partial charge in [-0.25, -0.2) is 0 Å². The van der Waals surface area contributed by atoms with Crippen molar-refractivity contribution >= 4 is 5.91 Å². The number of nitrogens with one attached hydrogen (secondary N) is 1. The molecule has 0 saturated carbocycles. The van der Waals surface area contributed by atoms with Gasteiger partial charge in [0.1, 0.15) is 0 Å². The summed E-state index contributed by atoms with van der Waals surface area (Å²) in [5.41, 5.74) is 18.0. The molecule has 5 N–H and O–H groups in total. The average Bonchev–Trinajstić information content (AvgIpc) is 2.76. The van der Waals surface area contributed by atoms with Gasteiger partial charge >= 0.3 is 0 Å². The number of carbonyl (C=O) groups excluding carboxylic acids is 1. The summed E-state index contributed by atoms with van der Waals surface area (Å²) in [5, 5.41) is 3.20. The second-order valence-corrected chi connectivity index (χ2v) is 7.32. The van der Waals surface area contributed by atoms with Crippen LogP contribution in [-0.4, -0.2) is 5.91 Å². The fourth-order valence-electron chi connectivity index (χ4n) is 3.89. The Kier molecular flexibility index (Phi) is 5.24. The van der Waals surface area contributed by atoms with Gasteiger partial charge in [0.15, 0.2) is 0 Å². The van der Waals surface area contributed by atoms with Crippen LogP contribution in [0, 0.1) is 0 Å². The van der Waals surface area contributed by atoms with Crippen molar-refractivity contribution in [2.24, 2.45) is 11.5 Å². The molecule has 0 bridgehead atoms. The first-order valence-corrected chi connectivity index (χ1v) is 9.70. The third kappa shape index (κ3) is 3.70. The topological polar surface area (TPSA) is 81.1 Å². The molecule has 0 saturated heterocycles. The maximum absolute atomic E-state index is 12.9. The zero-order chi connectivity index (χ0) is 19.5. The largest absolute Gasteiger partial charge is 0.345 e. The highest BCUT2D eigenvalue weighted by Crippen LogP contribution is 2.34. The number of amides is 1. The third-order valence-corrected chi connectivity index (χ3v) is 5.49. The summed E-state index contributed by atoms with van der Waals surface area (Å²) in [5.74, 6) is -0.0595. The molecule has 0 aliphatic heterocycles. The lowest BCUT2D eigenvalue weighted by Gasteiger charge is -2.30. The van der Waals surface area contributed by atoms with E-state index >= 15 is 0 Å². The Labute approximate surface area is 165 Å². The predicted octanol–water partition coefficient (Wildman–Crippen LogP) is 4.08. The number of nitrogens with two attached hydrogens (primary N) is 2. The molecule has 4 nitrogen and oxygen atoms in total. The van der Waals surface area contributed by atoms with Crippen LogP contribution in [0.15, 0.2) is 72.8 Å². The first-order chi connectivity index (χ1) is 13.7. The number of hydrogen-bond donors (Lipinski definition) is 3. The van der Waals surface area contributed by atoms with Crippen LogP contribution in [0.25, 0.3) is 11.1 Å².